The monoisotopic (exact) mass is 243 g/mol. The van der Waals surface area contributed by atoms with E-state index >= 15 is 0 Å². The molecule has 3 heteroatoms. The largest absolute Gasteiger partial charge is 0.391 e. The third-order valence-corrected chi connectivity index (χ3v) is 3.78. The Bertz CT molecular complexity index is 233. The summed E-state index contributed by atoms with van der Waals surface area (Å²) in [6.07, 6.45) is 1.01. The molecule has 0 aromatic carbocycles. The van der Waals surface area contributed by atoms with Gasteiger partial charge in [0.05, 0.1) is 6.10 Å². The lowest BCUT2D eigenvalue weighted by Crippen LogP contribution is -2.37. The fourth-order valence-corrected chi connectivity index (χ4v) is 1.35. The summed E-state index contributed by atoms with van der Waals surface area (Å²) >= 11 is 0. The molecule has 3 atom stereocenters. The molecular formula is C14H29NO2. The van der Waals surface area contributed by atoms with Gasteiger partial charge >= 0.3 is 0 Å². The zero-order valence-corrected chi connectivity index (χ0v) is 12.2. The average Bonchev–Trinajstić information content (AvgIpc) is 2.23. The van der Waals surface area contributed by atoms with Crippen molar-refractivity contribution in [2.24, 2.45) is 17.3 Å². The molecule has 0 aliphatic rings. The summed E-state index contributed by atoms with van der Waals surface area (Å²) < 4.78 is 0. The molecule has 2 N–H and O–H groups in total. The number of amides is 1. The number of hydrogen-bond acceptors (Lipinski definition) is 2. The van der Waals surface area contributed by atoms with Crippen molar-refractivity contribution in [3.05, 3.63) is 0 Å². The van der Waals surface area contributed by atoms with Crippen LogP contribution < -0.4 is 5.32 Å². The molecule has 17 heavy (non-hydrogen) atoms. The highest BCUT2D eigenvalue weighted by atomic mass is 16.3. The Kier molecular flexibility index (Phi) is 6.76. The number of aliphatic hydroxyl groups is 1. The first-order chi connectivity index (χ1) is 7.68. The first-order valence-electron chi connectivity index (χ1n) is 6.63. The zero-order valence-electron chi connectivity index (χ0n) is 12.2. The lowest BCUT2D eigenvalue weighted by molar-refractivity contribution is -0.123. The highest BCUT2D eigenvalue weighted by Gasteiger charge is 2.23. The molecule has 0 rings (SSSR count). The molecule has 102 valence electrons. The second-order valence-corrected chi connectivity index (χ2v) is 6.23. The van der Waals surface area contributed by atoms with Crippen LogP contribution in [-0.2, 0) is 4.79 Å². The minimum absolute atomic E-state index is 0.0368. The predicted octanol–water partition coefficient (Wildman–Crippen LogP) is 2.58. The van der Waals surface area contributed by atoms with E-state index < -0.39 is 6.10 Å². The van der Waals surface area contributed by atoms with Crippen molar-refractivity contribution in [2.75, 3.05) is 6.54 Å². The maximum absolute atomic E-state index is 11.7. The highest BCUT2D eigenvalue weighted by molar-refractivity contribution is 5.76. The van der Waals surface area contributed by atoms with E-state index in [1.165, 1.54) is 0 Å². The molecule has 0 aliphatic heterocycles. The minimum Gasteiger partial charge on any atom is -0.391 e. The Balaban J connectivity index is 3.96. The molecule has 0 fully saturated rings. The summed E-state index contributed by atoms with van der Waals surface area (Å²) in [5, 5.41) is 12.6. The summed E-state index contributed by atoms with van der Waals surface area (Å²) in [6, 6.07) is 0. The molecule has 0 aromatic heterocycles. The second-order valence-electron chi connectivity index (χ2n) is 6.23. The SMILES string of the molecule is CCC(C)C(O)CNC(=O)CC(C)C(C)(C)C. The van der Waals surface area contributed by atoms with E-state index in [-0.39, 0.29) is 17.2 Å². The van der Waals surface area contributed by atoms with Crippen molar-refractivity contribution < 1.29 is 9.90 Å². The van der Waals surface area contributed by atoms with Crippen molar-refractivity contribution in [1.29, 1.82) is 0 Å². The van der Waals surface area contributed by atoms with E-state index in [1.54, 1.807) is 0 Å². The molecule has 0 aromatic rings. The van der Waals surface area contributed by atoms with Gasteiger partial charge in [0, 0.05) is 13.0 Å². The average molecular weight is 243 g/mol. The normalized spacial score (nSPS) is 17.4. The fourth-order valence-electron chi connectivity index (χ4n) is 1.35. The minimum atomic E-state index is -0.436. The summed E-state index contributed by atoms with van der Waals surface area (Å²) in [4.78, 5) is 11.7. The molecule has 1 amide bonds. The molecule has 0 bridgehead atoms. The molecule has 0 heterocycles. The Morgan fingerprint density at radius 1 is 1.29 bits per heavy atom. The summed E-state index contributed by atoms with van der Waals surface area (Å²) in [5.74, 6) is 0.605. The van der Waals surface area contributed by atoms with Crippen LogP contribution >= 0.6 is 0 Å². The first-order valence-corrected chi connectivity index (χ1v) is 6.63. The van der Waals surface area contributed by atoms with Crippen LogP contribution in [0.4, 0.5) is 0 Å². The Hall–Kier alpha value is -0.570. The van der Waals surface area contributed by atoms with Gasteiger partial charge in [0.15, 0.2) is 0 Å². The van der Waals surface area contributed by atoms with Crippen molar-refractivity contribution in [3.63, 3.8) is 0 Å². The van der Waals surface area contributed by atoms with Gasteiger partial charge in [-0.25, -0.2) is 0 Å². The molecule has 0 radical (unpaired) electrons. The van der Waals surface area contributed by atoms with Crippen LogP contribution in [0.2, 0.25) is 0 Å². The Labute approximate surface area is 106 Å². The number of carbonyl (C=O) groups excluding carboxylic acids is 1. The molecule has 3 nitrogen and oxygen atoms in total. The van der Waals surface area contributed by atoms with Crippen LogP contribution in [-0.4, -0.2) is 23.7 Å². The third kappa shape index (κ3) is 6.67. The van der Waals surface area contributed by atoms with Gasteiger partial charge in [0.1, 0.15) is 0 Å². The molecule has 0 saturated carbocycles. The van der Waals surface area contributed by atoms with E-state index in [2.05, 4.69) is 33.0 Å². The van der Waals surface area contributed by atoms with Gasteiger partial charge in [-0.15, -0.1) is 0 Å². The summed E-state index contributed by atoms with van der Waals surface area (Å²) in [6.45, 7) is 12.9. The fraction of sp³-hybridized carbons (Fsp3) is 0.929. The maximum Gasteiger partial charge on any atom is 0.220 e. The van der Waals surface area contributed by atoms with E-state index in [9.17, 15) is 9.90 Å². The number of rotatable bonds is 6. The van der Waals surface area contributed by atoms with Crippen molar-refractivity contribution in [1.82, 2.24) is 5.32 Å². The number of aliphatic hydroxyl groups excluding tert-OH is 1. The molecule has 3 unspecified atom stereocenters. The lowest BCUT2D eigenvalue weighted by Gasteiger charge is -2.27. The van der Waals surface area contributed by atoms with Gasteiger partial charge in [-0.05, 0) is 17.3 Å². The summed E-state index contributed by atoms with van der Waals surface area (Å²) in [5.41, 5.74) is 0.146. The third-order valence-electron chi connectivity index (χ3n) is 3.78. The van der Waals surface area contributed by atoms with Crippen molar-refractivity contribution in [2.45, 2.75) is 60.5 Å². The highest BCUT2D eigenvalue weighted by Crippen LogP contribution is 2.27. The number of nitrogens with one attached hydrogen (secondary N) is 1. The lowest BCUT2D eigenvalue weighted by atomic mass is 9.80. The van der Waals surface area contributed by atoms with Gasteiger partial charge < -0.3 is 10.4 Å². The van der Waals surface area contributed by atoms with Crippen LogP contribution in [0.1, 0.15) is 54.4 Å². The topological polar surface area (TPSA) is 49.3 Å². The summed E-state index contributed by atoms with van der Waals surface area (Å²) in [7, 11) is 0. The van der Waals surface area contributed by atoms with Gasteiger partial charge in [-0.2, -0.15) is 0 Å². The maximum atomic E-state index is 11.7. The van der Waals surface area contributed by atoms with Gasteiger partial charge in [0.2, 0.25) is 5.91 Å². The van der Waals surface area contributed by atoms with Gasteiger partial charge in [-0.3, -0.25) is 4.79 Å². The smallest absolute Gasteiger partial charge is 0.220 e. The van der Waals surface area contributed by atoms with Crippen LogP contribution in [0.5, 0.6) is 0 Å². The standard InChI is InChI=1S/C14H29NO2/c1-7-10(2)12(16)9-15-13(17)8-11(3)14(4,5)6/h10-12,16H,7-9H2,1-6H3,(H,15,17). The molecule has 0 aliphatic carbocycles. The number of carbonyl (C=O) groups is 1. The van der Waals surface area contributed by atoms with Crippen LogP contribution in [0.25, 0.3) is 0 Å². The Morgan fingerprint density at radius 2 is 1.82 bits per heavy atom. The first kappa shape index (κ1) is 16.4. The van der Waals surface area contributed by atoms with Crippen LogP contribution in [0.3, 0.4) is 0 Å². The predicted molar refractivity (Wildman–Crippen MR) is 71.7 cm³/mol. The Morgan fingerprint density at radius 3 is 2.24 bits per heavy atom. The molecule has 0 saturated heterocycles. The zero-order chi connectivity index (χ0) is 13.6. The van der Waals surface area contributed by atoms with Crippen LogP contribution in [0, 0.1) is 17.3 Å². The van der Waals surface area contributed by atoms with Gasteiger partial charge in [0.25, 0.3) is 0 Å². The van der Waals surface area contributed by atoms with E-state index in [1.807, 2.05) is 13.8 Å². The quantitative estimate of drug-likeness (QED) is 0.753. The van der Waals surface area contributed by atoms with Crippen molar-refractivity contribution >= 4 is 5.91 Å². The second kappa shape index (κ2) is 7.00. The van der Waals surface area contributed by atoms with E-state index in [4.69, 9.17) is 0 Å². The molecule has 0 spiro atoms. The van der Waals surface area contributed by atoms with E-state index in [0.29, 0.717) is 18.9 Å². The van der Waals surface area contributed by atoms with Crippen LogP contribution in [0.15, 0.2) is 0 Å². The van der Waals surface area contributed by atoms with E-state index in [0.717, 1.165) is 6.42 Å². The molecular weight excluding hydrogens is 214 g/mol. The van der Waals surface area contributed by atoms with Crippen molar-refractivity contribution in [3.8, 4) is 0 Å². The number of hydrogen-bond donors (Lipinski definition) is 2. The van der Waals surface area contributed by atoms with Gasteiger partial charge in [-0.1, -0.05) is 48.0 Å².